The quantitative estimate of drug-likeness (QED) is 0.861. The summed E-state index contributed by atoms with van der Waals surface area (Å²) >= 11 is 0. The van der Waals surface area contributed by atoms with Crippen LogP contribution in [0, 0.1) is 0 Å². The predicted octanol–water partition coefficient (Wildman–Crippen LogP) is 0.937. The Labute approximate surface area is 131 Å². The highest BCUT2D eigenvalue weighted by molar-refractivity contribution is 7.89. The van der Waals surface area contributed by atoms with Gasteiger partial charge in [0.1, 0.15) is 0 Å². The Morgan fingerprint density at radius 3 is 2.50 bits per heavy atom. The zero-order valence-corrected chi connectivity index (χ0v) is 13.8. The highest BCUT2D eigenvalue weighted by atomic mass is 32.2. The van der Waals surface area contributed by atoms with Crippen LogP contribution < -0.4 is 10.5 Å². The number of carbonyl (C=O) groups excluding carboxylic acids is 1. The fourth-order valence-corrected chi connectivity index (χ4v) is 3.78. The van der Waals surface area contributed by atoms with Crippen LogP contribution in [0.3, 0.4) is 0 Å². The van der Waals surface area contributed by atoms with Crippen LogP contribution in [-0.4, -0.2) is 44.4 Å². The zero-order chi connectivity index (χ0) is 16.3. The first kappa shape index (κ1) is 16.9. The third-order valence-corrected chi connectivity index (χ3v) is 5.22. The number of rotatable bonds is 4. The minimum absolute atomic E-state index is 0.0209. The first-order valence-corrected chi connectivity index (χ1v) is 8.95. The van der Waals surface area contributed by atoms with E-state index in [1.807, 2.05) is 0 Å². The second-order valence-corrected chi connectivity index (χ2v) is 7.67. The molecule has 1 unspecified atom stereocenters. The number of piperidine rings is 1. The van der Waals surface area contributed by atoms with Crippen molar-refractivity contribution in [2.75, 3.05) is 13.1 Å². The number of likely N-dealkylation sites (tertiary alicyclic amines) is 1. The molecule has 1 heterocycles. The number of nitrogens with one attached hydrogen (secondary N) is 1. The van der Waals surface area contributed by atoms with Gasteiger partial charge in [0, 0.05) is 30.7 Å². The second-order valence-electron chi connectivity index (χ2n) is 5.95. The van der Waals surface area contributed by atoms with Gasteiger partial charge in [-0.2, -0.15) is 0 Å². The summed E-state index contributed by atoms with van der Waals surface area (Å²) < 4.78 is 26.6. The lowest BCUT2D eigenvalue weighted by Crippen LogP contribution is -2.45. The van der Waals surface area contributed by atoms with Crippen molar-refractivity contribution in [3.63, 3.8) is 0 Å². The van der Waals surface area contributed by atoms with Crippen LogP contribution in [0.4, 0.5) is 0 Å². The molecule has 0 radical (unpaired) electrons. The molecule has 1 aliphatic heterocycles. The van der Waals surface area contributed by atoms with Gasteiger partial charge in [-0.1, -0.05) is 0 Å². The molecule has 0 aromatic heterocycles. The zero-order valence-electron chi connectivity index (χ0n) is 13.0. The molecule has 1 saturated heterocycles. The predicted molar refractivity (Wildman–Crippen MR) is 85.0 cm³/mol. The van der Waals surface area contributed by atoms with Gasteiger partial charge < -0.3 is 10.6 Å². The normalized spacial score (nSPS) is 19.5. The van der Waals surface area contributed by atoms with E-state index in [2.05, 4.69) is 4.72 Å². The lowest BCUT2D eigenvalue weighted by Gasteiger charge is -2.30. The van der Waals surface area contributed by atoms with Gasteiger partial charge in [0.25, 0.3) is 5.91 Å². The number of hydrogen-bond donors (Lipinski definition) is 2. The maximum atomic E-state index is 12.4. The van der Waals surface area contributed by atoms with Gasteiger partial charge >= 0.3 is 0 Å². The smallest absolute Gasteiger partial charge is 0.253 e. The van der Waals surface area contributed by atoms with E-state index < -0.39 is 10.0 Å². The van der Waals surface area contributed by atoms with Crippen LogP contribution in [0.25, 0.3) is 0 Å². The molecule has 2 rings (SSSR count). The summed E-state index contributed by atoms with van der Waals surface area (Å²) in [6.45, 7) is 4.76. The fourth-order valence-electron chi connectivity index (χ4n) is 2.53. The number of carbonyl (C=O) groups is 1. The summed E-state index contributed by atoms with van der Waals surface area (Å²) in [6.07, 6.45) is 1.83. The minimum atomic E-state index is -3.53. The Kier molecular flexibility index (Phi) is 5.20. The van der Waals surface area contributed by atoms with Crippen molar-refractivity contribution in [3.05, 3.63) is 29.8 Å². The summed E-state index contributed by atoms with van der Waals surface area (Å²) in [7, 11) is -3.53. The second kappa shape index (κ2) is 6.76. The molecular weight excluding hydrogens is 302 g/mol. The molecule has 1 aromatic carbocycles. The van der Waals surface area contributed by atoms with Crippen molar-refractivity contribution < 1.29 is 13.2 Å². The monoisotopic (exact) mass is 325 g/mol. The number of sulfonamides is 1. The largest absolute Gasteiger partial charge is 0.337 e. The van der Waals surface area contributed by atoms with Gasteiger partial charge in [0.15, 0.2) is 0 Å². The van der Waals surface area contributed by atoms with Crippen LogP contribution in [0.1, 0.15) is 37.0 Å². The summed E-state index contributed by atoms with van der Waals surface area (Å²) in [5.74, 6) is -0.101. The molecule has 0 spiro atoms. The molecule has 3 N–H and O–H groups in total. The Bertz CT molecular complexity index is 626. The van der Waals surface area contributed by atoms with Crippen LogP contribution in [-0.2, 0) is 10.0 Å². The molecule has 1 atom stereocenters. The van der Waals surface area contributed by atoms with Crippen molar-refractivity contribution in [3.8, 4) is 0 Å². The molecular formula is C15H23N3O3S. The molecule has 1 amide bonds. The van der Waals surface area contributed by atoms with E-state index in [1.165, 1.54) is 12.1 Å². The first-order valence-electron chi connectivity index (χ1n) is 7.47. The maximum absolute atomic E-state index is 12.4. The SMILES string of the molecule is CC(C)NS(=O)(=O)c1ccc(C(=O)N2CCCC(N)C2)cc1. The highest BCUT2D eigenvalue weighted by Crippen LogP contribution is 2.15. The Balaban J connectivity index is 2.13. The van der Waals surface area contributed by atoms with E-state index in [-0.39, 0.29) is 22.9 Å². The molecule has 0 aliphatic carbocycles. The number of nitrogens with two attached hydrogens (primary N) is 1. The van der Waals surface area contributed by atoms with E-state index in [4.69, 9.17) is 5.73 Å². The lowest BCUT2D eigenvalue weighted by atomic mass is 10.1. The fraction of sp³-hybridized carbons (Fsp3) is 0.533. The van der Waals surface area contributed by atoms with Gasteiger partial charge in [0.2, 0.25) is 10.0 Å². The third-order valence-electron chi connectivity index (χ3n) is 3.55. The molecule has 1 aromatic rings. The highest BCUT2D eigenvalue weighted by Gasteiger charge is 2.23. The number of nitrogens with zero attached hydrogens (tertiary/aromatic N) is 1. The van der Waals surface area contributed by atoms with Crippen LogP contribution in [0.2, 0.25) is 0 Å². The Morgan fingerprint density at radius 1 is 1.32 bits per heavy atom. The third kappa shape index (κ3) is 4.06. The van der Waals surface area contributed by atoms with E-state index in [0.717, 1.165) is 12.8 Å². The molecule has 1 aliphatic rings. The van der Waals surface area contributed by atoms with Crippen molar-refractivity contribution in [1.82, 2.24) is 9.62 Å². The summed E-state index contributed by atoms with van der Waals surface area (Å²) in [4.78, 5) is 14.3. The van der Waals surface area contributed by atoms with Crippen molar-refractivity contribution in [2.24, 2.45) is 5.73 Å². The topological polar surface area (TPSA) is 92.5 Å². The molecule has 7 heteroatoms. The van der Waals surface area contributed by atoms with Crippen LogP contribution in [0.5, 0.6) is 0 Å². The Morgan fingerprint density at radius 2 is 1.95 bits per heavy atom. The molecule has 22 heavy (non-hydrogen) atoms. The molecule has 0 bridgehead atoms. The number of amides is 1. The molecule has 1 fully saturated rings. The first-order chi connectivity index (χ1) is 10.3. The van der Waals surface area contributed by atoms with Crippen molar-refractivity contribution in [2.45, 2.75) is 43.7 Å². The van der Waals surface area contributed by atoms with Gasteiger partial charge in [-0.3, -0.25) is 4.79 Å². The van der Waals surface area contributed by atoms with E-state index in [9.17, 15) is 13.2 Å². The van der Waals surface area contributed by atoms with Gasteiger partial charge in [-0.05, 0) is 51.0 Å². The summed E-state index contributed by atoms with van der Waals surface area (Å²) in [5.41, 5.74) is 6.37. The molecule has 122 valence electrons. The van der Waals surface area contributed by atoms with Gasteiger partial charge in [0.05, 0.1) is 4.90 Å². The standard InChI is InChI=1S/C15H23N3O3S/c1-11(2)17-22(20,21)14-7-5-12(6-8-14)15(19)18-9-3-4-13(16)10-18/h5-8,11,13,17H,3-4,9-10,16H2,1-2H3. The molecule has 0 saturated carbocycles. The average Bonchev–Trinajstić information content (AvgIpc) is 2.45. The number of benzene rings is 1. The summed E-state index contributed by atoms with van der Waals surface area (Å²) in [5, 5.41) is 0. The van der Waals surface area contributed by atoms with Gasteiger partial charge in [-0.25, -0.2) is 13.1 Å². The minimum Gasteiger partial charge on any atom is -0.337 e. The maximum Gasteiger partial charge on any atom is 0.253 e. The van der Waals surface area contributed by atoms with Crippen molar-refractivity contribution >= 4 is 15.9 Å². The van der Waals surface area contributed by atoms with Crippen molar-refractivity contribution in [1.29, 1.82) is 0 Å². The Hall–Kier alpha value is -1.44. The van der Waals surface area contributed by atoms with Crippen LogP contribution in [0.15, 0.2) is 29.2 Å². The van der Waals surface area contributed by atoms with E-state index in [0.29, 0.717) is 18.7 Å². The van der Waals surface area contributed by atoms with Crippen LogP contribution >= 0.6 is 0 Å². The van der Waals surface area contributed by atoms with E-state index in [1.54, 1.807) is 30.9 Å². The van der Waals surface area contributed by atoms with E-state index >= 15 is 0 Å². The number of hydrogen-bond acceptors (Lipinski definition) is 4. The summed E-state index contributed by atoms with van der Waals surface area (Å²) in [6, 6.07) is 5.87. The average molecular weight is 325 g/mol. The van der Waals surface area contributed by atoms with Gasteiger partial charge in [-0.15, -0.1) is 0 Å². The lowest BCUT2D eigenvalue weighted by molar-refractivity contribution is 0.0708. The molecule has 6 nitrogen and oxygen atoms in total.